The number of carbonyl (C=O) groups is 2. The summed E-state index contributed by atoms with van der Waals surface area (Å²) in [7, 11) is 0. The SMILES string of the molecule is CCOC(=O)c1nc(-c2cccc(C3=CC(=O)OC(C)(C)O3)c2)cs1. The molecule has 0 N–H and O–H groups in total. The molecule has 0 fully saturated rings. The number of hydrogen-bond acceptors (Lipinski definition) is 7. The number of thiazole rings is 1. The van der Waals surface area contributed by atoms with E-state index in [9.17, 15) is 9.59 Å². The van der Waals surface area contributed by atoms with Gasteiger partial charge >= 0.3 is 11.9 Å². The summed E-state index contributed by atoms with van der Waals surface area (Å²) in [6.45, 7) is 5.41. The lowest BCUT2D eigenvalue weighted by atomic mass is 10.1. The molecule has 6 nitrogen and oxygen atoms in total. The van der Waals surface area contributed by atoms with Gasteiger partial charge in [0.2, 0.25) is 10.8 Å². The van der Waals surface area contributed by atoms with Crippen molar-refractivity contribution in [2.75, 3.05) is 6.61 Å². The highest BCUT2D eigenvalue weighted by Gasteiger charge is 2.30. The molecule has 0 saturated carbocycles. The molecule has 3 rings (SSSR count). The van der Waals surface area contributed by atoms with E-state index < -0.39 is 17.7 Å². The standard InChI is InChI=1S/C18H17NO5S/c1-4-22-17(21)16-19-13(10-25-16)11-6-5-7-12(8-11)14-9-15(20)24-18(2,3)23-14/h5-10H,4H2,1-3H3. The minimum atomic E-state index is -1.02. The third-order valence-electron chi connectivity index (χ3n) is 3.35. The van der Waals surface area contributed by atoms with Gasteiger partial charge in [0.15, 0.2) is 0 Å². The van der Waals surface area contributed by atoms with Crippen LogP contribution >= 0.6 is 11.3 Å². The molecule has 0 radical (unpaired) electrons. The summed E-state index contributed by atoms with van der Waals surface area (Å²) in [6.07, 6.45) is 1.31. The van der Waals surface area contributed by atoms with Crippen molar-refractivity contribution < 1.29 is 23.8 Å². The van der Waals surface area contributed by atoms with E-state index >= 15 is 0 Å². The second kappa shape index (κ2) is 6.68. The zero-order chi connectivity index (χ0) is 18.0. The number of carbonyl (C=O) groups excluding carboxylic acids is 2. The molecule has 0 spiro atoms. The molecule has 1 aromatic carbocycles. The third-order valence-corrected chi connectivity index (χ3v) is 4.17. The lowest BCUT2D eigenvalue weighted by Gasteiger charge is -2.30. The summed E-state index contributed by atoms with van der Waals surface area (Å²) in [4.78, 5) is 27.8. The van der Waals surface area contributed by atoms with Gasteiger partial charge in [0.1, 0.15) is 5.76 Å². The van der Waals surface area contributed by atoms with Crippen LogP contribution in [-0.2, 0) is 19.0 Å². The van der Waals surface area contributed by atoms with E-state index in [1.807, 2.05) is 24.3 Å². The number of cyclic esters (lactones) is 1. The maximum atomic E-state index is 11.8. The van der Waals surface area contributed by atoms with E-state index in [-0.39, 0.29) is 0 Å². The number of benzene rings is 1. The van der Waals surface area contributed by atoms with E-state index in [4.69, 9.17) is 14.2 Å². The summed E-state index contributed by atoms with van der Waals surface area (Å²) in [5.74, 6) is -1.47. The van der Waals surface area contributed by atoms with Gasteiger partial charge < -0.3 is 14.2 Å². The highest BCUT2D eigenvalue weighted by atomic mass is 32.1. The van der Waals surface area contributed by atoms with Crippen molar-refractivity contribution in [1.29, 1.82) is 0 Å². The van der Waals surface area contributed by atoms with Crippen LogP contribution in [0.15, 0.2) is 35.7 Å². The molecule has 1 aliphatic heterocycles. The highest BCUT2D eigenvalue weighted by molar-refractivity contribution is 7.11. The number of hydrogen-bond donors (Lipinski definition) is 0. The summed E-state index contributed by atoms with van der Waals surface area (Å²) in [5.41, 5.74) is 2.20. The molecule has 1 aromatic heterocycles. The van der Waals surface area contributed by atoms with Gasteiger partial charge in [-0.15, -0.1) is 11.3 Å². The van der Waals surface area contributed by atoms with Crippen LogP contribution in [-0.4, -0.2) is 29.3 Å². The van der Waals surface area contributed by atoms with Gasteiger partial charge in [-0.05, 0) is 13.0 Å². The first-order valence-electron chi connectivity index (χ1n) is 7.75. The Labute approximate surface area is 149 Å². The number of ether oxygens (including phenoxy) is 3. The topological polar surface area (TPSA) is 74.7 Å². The average molecular weight is 359 g/mol. The largest absolute Gasteiger partial charge is 0.461 e. The lowest BCUT2D eigenvalue weighted by molar-refractivity contribution is -0.193. The van der Waals surface area contributed by atoms with Crippen LogP contribution in [0.5, 0.6) is 0 Å². The summed E-state index contributed by atoms with van der Waals surface area (Å²) < 4.78 is 15.8. The lowest BCUT2D eigenvalue weighted by Crippen LogP contribution is -2.33. The Morgan fingerprint density at radius 3 is 2.76 bits per heavy atom. The Bertz CT molecular complexity index is 853. The van der Waals surface area contributed by atoms with Crippen LogP contribution in [0.1, 0.15) is 36.1 Å². The molecule has 25 heavy (non-hydrogen) atoms. The molecular weight excluding hydrogens is 342 g/mol. The number of nitrogens with zero attached hydrogens (tertiary/aromatic N) is 1. The van der Waals surface area contributed by atoms with E-state index in [0.717, 1.165) is 11.1 Å². The number of esters is 2. The van der Waals surface area contributed by atoms with Gasteiger partial charge in [-0.3, -0.25) is 0 Å². The Balaban J connectivity index is 1.90. The van der Waals surface area contributed by atoms with Crippen LogP contribution < -0.4 is 0 Å². The number of rotatable bonds is 4. The number of aromatic nitrogens is 1. The third kappa shape index (κ3) is 3.88. The summed E-state index contributed by atoms with van der Waals surface area (Å²) >= 11 is 1.23. The van der Waals surface area contributed by atoms with Crippen molar-refractivity contribution in [3.8, 4) is 11.3 Å². The van der Waals surface area contributed by atoms with Crippen LogP contribution in [0.4, 0.5) is 0 Å². The molecule has 7 heteroatoms. The molecule has 0 atom stereocenters. The van der Waals surface area contributed by atoms with Gasteiger partial charge in [-0.2, -0.15) is 0 Å². The molecular formula is C18H17NO5S. The Morgan fingerprint density at radius 2 is 2.04 bits per heavy atom. The van der Waals surface area contributed by atoms with Crippen LogP contribution in [0.3, 0.4) is 0 Å². The minimum Gasteiger partial charge on any atom is -0.461 e. The fourth-order valence-electron chi connectivity index (χ4n) is 2.36. The average Bonchev–Trinajstić information content (AvgIpc) is 3.03. The van der Waals surface area contributed by atoms with Crippen molar-refractivity contribution in [2.24, 2.45) is 0 Å². The second-order valence-electron chi connectivity index (χ2n) is 5.77. The van der Waals surface area contributed by atoms with Gasteiger partial charge in [0, 0.05) is 30.4 Å². The fraction of sp³-hybridized carbons (Fsp3) is 0.278. The van der Waals surface area contributed by atoms with E-state index in [1.165, 1.54) is 17.4 Å². The highest BCUT2D eigenvalue weighted by Crippen LogP contribution is 2.31. The molecule has 0 unspecified atom stereocenters. The van der Waals surface area contributed by atoms with Gasteiger partial charge in [-0.25, -0.2) is 14.6 Å². The molecule has 0 aliphatic carbocycles. The van der Waals surface area contributed by atoms with Crippen LogP contribution in [0.25, 0.3) is 17.0 Å². The van der Waals surface area contributed by atoms with Gasteiger partial charge in [0.25, 0.3) is 0 Å². The van der Waals surface area contributed by atoms with Crippen LogP contribution in [0.2, 0.25) is 0 Å². The Morgan fingerprint density at radius 1 is 1.28 bits per heavy atom. The first kappa shape index (κ1) is 17.2. The molecule has 0 amide bonds. The predicted octanol–water partition coefficient (Wildman–Crippen LogP) is 3.64. The molecule has 2 aromatic rings. The minimum absolute atomic E-state index is 0.306. The van der Waals surface area contributed by atoms with Gasteiger partial charge in [0.05, 0.1) is 18.4 Å². The summed E-state index contributed by atoms with van der Waals surface area (Å²) in [5, 5.41) is 2.10. The quantitative estimate of drug-likeness (QED) is 0.776. The monoisotopic (exact) mass is 359 g/mol. The Kier molecular flexibility index (Phi) is 4.59. The van der Waals surface area contributed by atoms with Crippen molar-refractivity contribution >= 4 is 29.0 Å². The fourth-order valence-corrected chi connectivity index (χ4v) is 3.08. The molecule has 0 saturated heterocycles. The van der Waals surface area contributed by atoms with E-state index in [2.05, 4.69) is 4.98 Å². The first-order valence-corrected chi connectivity index (χ1v) is 8.63. The Hall–Kier alpha value is -2.67. The summed E-state index contributed by atoms with van der Waals surface area (Å²) in [6, 6.07) is 7.40. The maximum Gasteiger partial charge on any atom is 0.367 e. The first-order chi connectivity index (χ1) is 11.9. The predicted molar refractivity (Wildman–Crippen MR) is 92.7 cm³/mol. The van der Waals surface area contributed by atoms with Crippen LogP contribution in [0, 0.1) is 0 Å². The van der Waals surface area contributed by atoms with Crippen molar-refractivity contribution in [1.82, 2.24) is 4.98 Å². The van der Waals surface area contributed by atoms with Crippen molar-refractivity contribution in [3.05, 3.63) is 46.3 Å². The van der Waals surface area contributed by atoms with E-state index in [0.29, 0.717) is 23.1 Å². The zero-order valence-corrected chi connectivity index (χ0v) is 14.9. The smallest absolute Gasteiger partial charge is 0.367 e. The zero-order valence-electron chi connectivity index (χ0n) is 14.1. The van der Waals surface area contributed by atoms with Crippen molar-refractivity contribution in [3.63, 3.8) is 0 Å². The molecule has 130 valence electrons. The van der Waals surface area contributed by atoms with E-state index in [1.54, 1.807) is 26.2 Å². The molecule has 1 aliphatic rings. The van der Waals surface area contributed by atoms with Crippen molar-refractivity contribution in [2.45, 2.75) is 26.6 Å². The normalized spacial score (nSPS) is 15.8. The molecule has 2 heterocycles. The second-order valence-corrected chi connectivity index (χ2v) is 6.63. The molecule has 0 bridgehead atoms. The maximum absolute atomic E-state index is 11.8. The van der Waals surface area contributed by atoms with Gasteiger partial charge in [-0.1, -0.05) is 18.2 Å².